The second-order valence-electron chi connectivity index (χ2n) is 5.18. The molecule has 0 radical (unpaired) electrons. The molecule has 2 aliphatic heterocycles. The normalized spacial score (nSPS) is 24.2. The van der Waals surface area contributed by atoms with Gasteiger partial charge in [-0.25, -0.2) is 0 Å². The highest BCUT2D eigenvalue weighted by atomic mass is 16.5. The fourth-order valence-electron chi connectivity index (χ4n) is 2.98. The van der Waals surface area contributed by atoms with Crippen LogP contribution in [0, 0.1) is 5.92 Å². The molecule has 1 aromatic rings. The van der Waals surface area contributed by atoms with Gasteiger partial charge in [-0.3, -0.25) is 0 Å². The van der Waals surface area contributed by atoms with Crippen LogP contribution in [0.4, 0.5) is 0 Å². The van der Waals surface area contributed by atoms with Crippen LogP contribution < -0.4 is 5.32 Å². The number of fused-ring (bicyclic) bond motifs is 1. The fourth-order valence-corrected chi connectivity index (χ4v) is 2.98. The zero-order chi connectivity index (χ0) is 12.4. The monoisotopic (exact) mass is 247 g/mol. The van der Waals surface area contributed by atoms with E-state index in [1.54, 1.807) is 0 Å². The molecule has 0 aliphatic carbocycles. The van der Waals surface area contributed by atoms with Crippen molar-refractivity contribution < 1.29 is 9.47 Å². The Bertz CT molecular complexity index is 413. The summed E-state index contributed by atoms with van der Waals surface area (Å²) < 4.78 is 11.0. The molecule has 1 fully saturated rings. The molecule has 0 saturated carbocycles. The Morgan fingerprint density at radius 3 is 2.94 bits per heavy atom. The van der Waals surface area contributed by atoms with Crippen LogP contribution in [0.15, 0.2) is 18.2 Å². The van der Waals surface area contributed by atoms with Crippen LogP contribution in [0.2, 0.25) is 0 Å². The highest BCUT2D eigenvalue weighted by molar-refractivity contribution is 5.35. The minimum Gasteiger partial charge on any atom is -0.381 e. The van der Waals surface area contributed by atoms with Gasteiger partial charge in [-0.05, 0) is 29.7 Å². The molecule has 0 aromatic heterocycles. The smallest absolute Gasteiger partial charge is 0.0725 e. The van der Waals surface area contributed by atoms with Crippen LogP contribution in [0.25, 0.3) is 0 Å². The Morgan fingerprint density at radius 1 is 1.28 bits per heavy atom. The van der Waals surface area contributed by atoms with Crippen molar-refractivity contribution in [1.82, 2.24) is 5.32 Å². The van der Waals surface area contributed by atoms with Gasteiger partial charge in [0.15, 0.2) is 0 Å². The molecule has 0 spiro atoms. The summed E-state index contributed by atoms with van der Waals surface area (Å²) in [6.45, 7) is 6.48. The van der Waals surface area contributed by atoms with E-state index in [-0.39, 0.29) is 0 Å². The number of hydrogen-bond acceptors (Lipinski definition) is 3. The number of nitrogens with one attached hydrogen (secondary N) is 1. The summed E-state index contributed by atoms with van der Waals surface area (Å²) in [6, 6.07) is 7.20. The van der Waals surface area contributed by atoms with Gasteiger partial charge in [0.25, 0.3) is 0 Å². The number of ether oxygens (including phenoxy) is 2. The van der Waals surface area contributed by atoms with E-state index in [1.165, 1.54) is 16.7 Å². The van der Waals surface area contributed by atoms with Crippen LogP contribution in [-0.4, -0.2) is 19.8 Å². The molecule has 98 valence electrons. The van der Waals surface area contributed by atoms with Crippen molar-refractivity contribution in [2.24, 2.45) is 5.92 Å². The minimum absolute atomic E-state index is 0.420. The molecule has 0 amide bonds. The standard InChI is InChI=1S/C15H21NO2/c1-2-16-15(13-5-6-17-9-13)11-3-4-12-8-18-10-14(12)7-11/h3-4,7,13,15-16H,2,5-6,8-10H2,1H3. The molecular weight excluding hydrogens is 226 g/mol. The maximum Gasteiger partial charge on any atom is 0.0725 e. The summed E-state index contributed by atoms with van der Waals surface area (Å²) in [5, 5.41) is 3.61. The van der Waals surface area contributed by atoms with Gasteiger partial charge >= 0.3 is 0 Å². The van der Waals surface area contributed by atoms with Crippen LogP contribution in [0.3, 0.4) is 0 Å². The summed E-state index contributed by atoms with van der Waals surface area (Å²) in [4.78, 5) is 0. The van der Waals surface area contributed by atoms with Gasteiger partial charge in [0, 0.05) is 18.6 Å². The molecular formula is C15H21NO2. The maximum absolute atomic E-state index is 5.53. The fraction of sp³-hybridized carbons (Fsp3) is 0.600. The van der Waals surface area contributed by atoms with Gasteiger partial charge in [0.1, 0.15) is 0 Å². The first kappa shape index (κ1) is 12.2. The van der Waals surface area contributed by atoms with Crippen LogP contribution in [-0.2, 0) is 22.7 Å². The summed E-state index contributed by atoms with van der Waals surface area (Å²) in [5.74, 6) is 0.602. The zero-order valence-corrected chi connectivity index (χ0v) is 10.9. The number of benzene rings is 1. The van der Waals surface area contributed by atoms with E-state index in [1.807, 2.05) is 0 Å². The lowest BCUT2D eigenvalue weighted by Gasteiger charge is -2.24. The van der Waals surface area contributed by atoms with Gasteiger partial charge in [-0.1, -0.05) is 25.1 Å². The van der Waals surface area contributed by atoms with E-state index in [0.29, 0.717) is 12.0 Å². The molecule has 2 aliphatic rings. The predicted molar refractivity (Wildman–Crippen MR) is 70.3 cm³/mol. The van der Waals surface area contributed by atoms with Crippen LogP contribution in [0.5, 0.6) is 0 Å². The summed E-state index contributed by atoms with van der Waals surface area (Å²) in [5.41, 5.74) is 4.09. The van der Waals surface area contributed by atoms with Gasteiger partial charge in [-0.2, -0.15) is 0 Å². The predicted octanol–water partition coefficient (Wildman–Crippen LogP) is 2.40. The molecule has 2 heterocycles. The molecule has 3 heteroatoms. The third-order valence-electron chi connectivity index (χ3n) is 3.96. The number of hydrogen-bond donors (Lipinski definition) is 1. The Hall–Kier alpha value is -0.900. The van der Waals surface area contributed by atoms with Crippen molar-refractivity contribution in [2.45, 2.75) is 32.6 Å². The molecule has 0 bridgehead atoms. The minimum atomic E-state index is 0.420. The lowest BCUT2D eigenvalue weighted by Crippen LogP contribution is -2.28. The van der Waals surface area contributed by atoms with Crippen molar-refractivity contribution >= 4 is 0 Å². The molecule has 1 N–H and O–H groups in total. The zero-order valence-electron chi connectivity index (χ0n) is 10.9. The first-order chi connectivity index (χ1) is 8.88. The number of rotatable bonds is 4. The van der Waals surface area contributed by atoms with Crippen molar-refractivity contribution in [1.29, 1.82) is 0 Å². The van der Waals surface area contributed by atoms with E-state index in [4.69, 9.17) is 9.47 Å². The second-order valence-corrected chi connectivity index (χ2v) is 5.18. The summed E-state index contributed by atoms with van der Waals surface area (Å²) in [6.07, 6.45) is 1.16. The lowest BCUT2D eigenvalue weighted by molar-refractivity contribution is 0.134. The highest BCUT2D eigenvalue weighted by Crippen LogP contribution is 2.31. The molecule has 2 atom stereocenters. The largest absolute Gasteiger partial charge is 0.381 e. The van der Waals surface area contributed by atoms with Gasteiger partial charge in [-0.15, -0.1) is 0 Å². The van der Waals surface area contributed by atoms with Gasteiger partial charge < -0.3 is 14.8 Å². The first-order valence-corrected chi connectivity index (χ1v) is 6.89. The Kier molecular flexibility index (Phi) is 3.64. The van der Waals surface area contributed by atoms with Gasteiger partial charge in [0.2, 0.25) is 0 Å². The molecule has 1 aromatic carbocycles. The summed E-state index contributed by atoms with van der Waals surface area (Å²) >= 11 is 0. The van der Waals surface area contributed by atoms with Crippen molar-refractivity contribution in [3.05, 3.63) is 34.9 Å². The molecule has 2 unspecified atom stereocenters. The Balaban J connectivity index is 1.84. The molecule has 3 rings (SSSR count). The van der Waals surface area contributed by atoms with Crippen LogP contribution in [0.1, 0.15) is 36.1 Å². The van der Waals surface area contributed by atoms with E-state index >= 15 is 0 Å². The van der Waals surface area contributed by atoms with E-state index in [9.17, 15) is 0 Å². The van der Waals surface area contributed by atoms with E-state index in [0.717, 1.165) is 39.4 Å². The van der Waals surface area contributed by atoms with E-state index < -0.39 is 0 Å². The average Bonchev–Trinajstić information content (AvgIpc) is 3.05. The Labute approximate surface area is 108 Å². The Morgan fingerprint density at radius 2 is 2.17 bits per heavy atom. The third-order valence-corrected chi connectivity index (χ3v) is 3.96. The molecule has 1 saturated heterocycles. The quantitative estimate of drug-likeness (QED) is 0.886. The summed E-state index contributed by atoms with van der Waals surface area (Å²) in [7, 11) is 0. The maximum atomic E-state index is 5.53. The molecule has 18 heavy (non-hydrogen) atoms. The molecule has 3 nitrogen and oxygen atoms in total. The third kappa shape index (κ3) is 2.30. The van der Waals surface area contributed by atoms with E-state index in [2.05, 4.69) is 30.4 Å². The van der Waals surface area contributed by atoms with Gasteiger partial charge in [0.05, 0.1) is 19.8 Å². The van der Waals surface area contributed by atoms with Crippen molar-refractivity contribution in [3.8, 4) is 0 Å². The average molecular weight is 247 g/mol. The highest BCUT2D eigenvalue weighted by Gasteiger charge is 2.27. The van der Waals surface area contributed by atoms with Crippen molar-refractivity contribution in [2.75, 3.05) is 19.8 Å². The lowest BCUT2D eigenvalue weighted by atomic mass is 9.90. The first-order valence-electron chi connectivity index (χ1n) is 6.89. The SMILES string of the molecule is CCNC(c1ccc2c(c1)COC2)C1CCOC1. The second kappa shape index (κ2) is 5.39. The van der Waals surface area contributed by atoms with Crippen LogP contribution >= 0.6 is 0 Å². The van der Waals surface area contributed by atoms with Crippen molar-refractivity contribution in [3.63, 3.8) is 0 Å². The topological polar surface area (TPSA) is 30.5 Å².